The third-order valence-corrected chi connectivity index (χ3v) is 5.17. The first-order valence-electron chi connectivity index (χ1n) is 9.03. The normalized spacial score (nSPS) is 29.1. The number of hydrogen-bond donors (Lipinski definition) is 1. The molecule has 2 aliphatic rings. The topological polar surface area (TPSA) is 21.8 Å². The average Bonchev–Trinajstić information content (AvgIpc) is 2.52. The van der Waals surface area contributed by atoms with Crippen molar-refractivity contribution in [3.05, 3.63) is 0 Å². The average molecular weight is 297 g/mol. The molecular formula is C17H36N4. The van der Waals surface area contributed by atoms with Crippen molar-refractivity contribution in [3.8, 4) is 0 Å². The zero-order valence-corrected chi connectivity index (χ0v) is 14.5. The molecule has 1 aliphatic carbocycles. The largest absolute Gasteiger partial charge is 0.314 e. The maximum absolute atomic E-state index is 3.70. The van der Waals surface area contributed by atoms with Crippen LogP contribution >= 0.6 is 0 Å². The van der Waals surface area contributed by atoms with Crippen LogP contribution in [0.15, 0.2) is 0 Å². The van der Waals surface area contributed by atoms with Crippen LogP contribution in [-0.2, 0) is 0 Å². The Kier molecular flexibility index (Phi) is 7.44. The van der Waals surface area contributed by atoms with E-state index in [0.717, 1.165) is 12.1 Å². The molecule has 0 spiro atoms. The van der Waals surface area contributed by atoms with Crippen LogP contribution in [0.25, 0.3) is 0 Å². The molecule has 1 saturated heterocycles. The van der Waals surface area contributed by atoms with E-state index in [1.807, 2.05) is 0 Å². The van der Waals surface area contributed by atoms with E-state index >= 15 is 0 Å². The number of nitrogens with one attached hydrogen (secondary N) is 1. The van der Waals surface area contributed by atoms with Crippen molar-refractivity contribution in [3.63, 3.8) is 0 Å². The summed E-state index contributed by atoms with van der Waals surface area (Å²) in [5.41, 5.74) is 0. The highest BCUT2D eigenvalue weighted by atomic mass is 15.3. The Labute approximate surface area is 131 Å². The molecule has 0 bridgehead atoms. The van der Waals surface area contributed by atoms with Crippen LogP contribution in [0, 0.1) is 0 Å². The number of likely N-dealkylation sites (N-methyl/N-ethyl adjacent to an activating group) is 1. The summed E-state index contributed by atoms with van der Waals surface area (Å²) in [5, 5.41) is 3.70. The Morgan fingerprint density at radius 2 is 1.67 bits per heavy atom. The summed E-state index contributed by atoms with van der Waals surface area (Å²) in [7, 11) is 4.34. The summed E-state index contributed by atoms with van der Waals surface area (Å²) in [4.78, 5) is 7.68. The number of hydrogen-bond acceptors (Lipinski definition) is 4. The highest BCUT2D eigenvalue weighted by molar-refractivity contribution is 4.85. The summed E-state index contributed by atoms with van der Waals surface area (Å²) < 4.78 is 0. The number of nitrogens with zero attached hydrogens (tertiary/aromatic N) is 3. The second kappa shape index (κ2) is 9.09. The lowest BCUT2D eigenvalue weighted by atomic mass is 9.89. The predicted molar refractivity (Wildman–Crippen MR) is 90.9 cm³/mol. The predicted octanol–water partition coefficient (Wildman–Crippen LogP) is 1.48. The molecule has 0 atom stereocenters. The van der Waals surface area contributed by atoms with E-state index in [-0.39, 0.29) is 0 Å². The Hall–Kier alpha value is -0.160. The van der Waals surface area contributed by atoms with Crippen LogP contribution in [0.3, 0.4) is 0 Å². The van der Waals surface area contributed by atoms with Crippen LogP contribution in [0.1, 0.15) is 39.0 Å². The van der Waals surface area contributed by atoms with E-state index in [1.165, 1.54) is 77.9 Å². The molecule has 1 saturated carbocycles. The third kappa shape index (κ3) is 5.85. The molecule has 0 aromatic rings. The van der Waals surface area contributed by atoms with Gasteiger partial charge in [-0.05, 0) is 52.7 Å². The first-order valence-corrected chi connectivity index (χ1v) is 9.03. The van der Waals surface area contributed by atoms with Crippen molar-refractivity contribution >= 4 is 0 Å². The van der Waals surface area contributed by atoms with Gasteiger partial charge in [0.2, 0.25) is 0 Å². The van der Waals surface area contributed by atoms with Crippen LogP contribution < -0.4 is 5.32 Å². The molecule has 4 heteroatoms. The second-order valence-electron chi connectivity index (χ2n) is 7.14. The van der Waals surface area contributed by atoms with E-state index in [4.69, 9.17) is 0 Å². The van der Waals surface area contributed by atoms with Gasteiger partial charge in [-0.25, -0.2) is 0 Å². The van der Waals surface area contributed by atoms with Crippen molar-refractivity contribution in [2.75, 3.05) is 59.9 Å². The molecule has 2 fully saturated rings. The minimum atomic E-state index is 0.794. The zero-order chi connectivity index (χ0) is 15.1. The van der Waals surface area contributed by atoms with E-state index in [2.05, 4.69) is 41.0 Å². The fourth-order valence-corrected chi connectivity index (χ4v) is 3.69. The Balaban J connectivity index is 1.62. The molecule has 1 aliphatic heterocycles. The van der Waals surface area contributed by atoms with Crippen LogP contribution in [0.5, 0.6) is 0 Å². The lowest BCUT2D eigenvalue weighted by Gasteiger charge is -2.42. The molecule has 0 aromatic heterocycles. The SMILES string of the molecule is CCCNC1CCC(N2CCN(CCN(C)C)CC2)CC1. The molecule has 0 aromatic carbocycles. The first-order chi connectivity index (χ1) is 10.2. The molecule has 21 heavy (non-hydrogen) atoms. The van der Waals surface area contributed by atoms with Crippen LogP contribution in [0.2, 0.25) is 0 Å². The fourth-order valence-electron chi connectivity index (χ4n) is 3.69. The quantitative estimate of drug-likeness (QED) is 0.768. The van der Waals surface area contributed by atoms with Gasteiger partial charge in [0, 0.05) is 51.4 Å². The first kappa shape index (κ1) is 17.2. The summed E-state index contributed by atoms with van der Waals surface area (Å²) in [6.45, 7) is 11.0. The van der Waals surface area contributed by atoms with Gasteiger partial charge in [-0.2, -0.15) is 0 Å². The maximum atomic E-state index is 3.70. The fraction of sp³-hybridized carbons (Fsp3) is 1.00. The molecule has 0 unspecified atom stereocenters. The highest BCUT2D eigenvalue weighted by Crippen LogP contribution is 2.24. The lowest BCUT2D eigenvalue weighted by molar-refractivity contribution is 0.0712. The van der Waals surface area contributed by atoms with Crippen LogP contribution in [-0.4, -0.2) is 86.7 Å². The van der Waals surface area contributed by atoms with Crippen molar-refractivity contribution in [1.29, 1.82) is 0 Å². The third-order valence-electron chi connectivity index (χ3n) is 5.17. The zero-order valence-electron chi connectivity index (χ0n) is 14.5. The Bertz CT molecular complexity index is 266. The maximum Gasteiger partial charge on any atom is 0.0113 e. The highest BCUT2D eigenvalue weighted by Gasteiger charge is 2.27. The Morgan fingerprint density at radius 1 is 1.00 bits per heavy atom. The van der Waals surface area contributed by atoms with E-state index in [9.17, 15) is 0 Å². The Morgan fingerprint density at radius 3 is 2.24 bits per heavy atom. The summed E-state index contributed by atoms with van der Waals surface area (Å²) in [5.74, 6) is 0. The molecule has 124 valence electrons. The van der Waals surface area contributed by atoms with Gasteiger partial charge in [-0.1, -0.05) is 6.92 Å². The van der Waals surface area contributed by atoms with Gasteiger partial charge < -0.3 is 10.2 Å². The molecule has 1 N–H and O–H groups in total. The van der Waals surface area contributed by atoms with Crippen molar-refractivity contribution < 1.29 is 0 Å². The molecule has 4 nitrogen and oxygen atoms in total. The summed E-state index contributed by atoms with van der Waals surface area (Å²) >= 11 is 0. The smallest absolute Gasteiger partial charge is 0.0113 e. The van der Waals surface area contributed by atoms with Gasteiger partial charge in [0.1, 0.15) is 0 Å². The van der Waals surface area contributed by atoms with Crippen LogP contribution in [0.4, 0.5) is 0 Å². The minimum absolute atomic E-state index is 0.794. The van der Waals surface area contributed by atoms with Crippen molar-refractivity contribution in [1.82, 2.24) is 20.0 Å². The van der Waals surface area contributed by atoms with E-state index in [0.29, 0.717) is 0 Å². The van der Waals surface area contributed by atoms with Gasteiger partial charge in [0.25, 0.3) is 0 Å². The molecule has 2 rings (SSSR count). The molecule has 1 heterocycles. The molecule has 0 amide bonds. The van der Waals surface area contributed by atoms with Gasteiger partial charge >= 0.3 is 0 Å². The lowest BCUT2D eigenvalue weighted by Crippen LogP contribution is -2.52. The molecule has 0 radical (unpaired) electrons. The second-order valence-corrected chi connectivity index (χ2v) is 7.14. The summed E-state index contributed by atoms with van der Waals surface area (Å²) in [6.07, 6.45) is 6.82. The molecular weight excluding hydrogens is 260 g/mol. The van der Waals surface area contributed by atoms with Gasteiger partial charge in [-0.15, -0.1) is 0 Å². The number of rotatable bonds is 7. The monoisotopic (exact) mass is 296 g/mol. The summed E-state index contributed by atoms with van der Waals surface area (Å²) in [6, 6.07) is 1.66. The van der Waals surface area contributed by atoms with E-state index < -0.39 is 0 Å². The van der Waals surface area contributed by atoms with Gasteiger partial charge in [-0.3, -0.25) is 9.80 Å². The number of piperazine rings is 1. The van der Waals surface area contributed by atoms with E-state index in [1.54, 1.807) is 0 Å². The van der Waals surface area contributed by atoms with Gasteiger partial charge in [0.15, 0.2) is 0 Å². The van der Waals surface area contributed by atoms with Crippen molar-refractivity contribution in [2.24, 2.45) is 0 Å². The standard InChI is InChI=1S/C17H36N4/c1-4-9-18-16-5-7-17(8-6-16)21-14-12-20(13-15-21)11-10-19(2)3/h16-18H,4-15H2,1-3H3. The van der Waals surface area contributed by atoms with Crippen molar-refractivity contribution in [2.45, 2.75) is 51.1 Å². The minimum Gasteiger partial charge on any atom is -0.314 e. The van der Waals surface area contributed by atoms with Gasteiger partial charge in [0.05, 0.1) is 0 Å².